The molecule has 0 spiro atoms. The Kier molecular flexibility index (Phi) is 5.79. The summed E-state index contributed by atoms with van der Waals surface area (Å²) in [7, 11) is 4.38. The average molecular weight is 585 g/mol. The van der Waals surface area contributed by atoms with E-state index in [2.05, 4.69) is 144 Å². The molecule has 2 aromatic heterocycles. The van der Waals surface area contributed by atoms with Gasteiger partial charge in [-0.05, 0) is 59.3 Å². The maximum atomic E-state index is 3.51. The Balaban J connectivity index is 1.35. The van der Waals surface area contributed by atoms with Crippen molar-refractivity contribution in [2.45, 2.75) is 0 Å². The fraction of sp³-hybridized carbons (Fsp3) is 0.0455. The predicted octanol–water partition coefficient (Wildman–Crippen LogP) is 10.1. The number of hydrogen-bond acceptors (Lipinski definition) is 0. The normalized spacial score (nSPS) is 11.3. The zero-order chi connectivity index (χ0) is 30.8. The van der Waals surface area contributed by atoms with E-state index in [1.54, 1.807) is 0 Å². The highest BCUT2D eigenvalue weighted by atomic mass is 15.0. The van der Waals surface area contributed by atoms with Crippen LogP contribution < -0.4 is 0 Å². The van der Waals surface area contributed by atoms with E-state index >= 15 is 0 Å². The minimum absolute atomic E-state index is 1.02. The Bertz CT molecular complexity index is 2610. The average Bonchev–Trinajstić information content (AvgIpc) is 3.55. The Morgan fingerprint density at radius 2 is 0.717 bits per heavy atom. The molecule has 0 radical (unpaired) electrons. The van der Waals surface area contributed by atoms with Gasteiger partial charge in [0.05, 0.1) is 11.0 Å². The van der Waals surface area contributed by atoms with E-state index in [4.69, 9.17) is 0 Å². The van der Waals surface area contributed by atoms with Gasteiger partial charge in [-0.2, -0.15) is 0 Å². The third-order valence-electron chi connectivity index (χ3n) is 9.35. The van der Waals surface area contributed by atoms with Crippen molar-refractivity contribution in [2.75, 3.05) is 0 Å². The lowest BCUT2D eigenvalue weighted by Gasteiger charge is -2.06. The molecule has 46 heavy (non-hydrogen) atoms. The highest BCUT2D eigenvalue weighted by Gasteiger charge is 2.19. The van der Waals surface area contributed by atoms with Gasteiger partial charge in [-0.3, -0.25) is 0 Å². The van der Waals surface area contributed by atoms with Crippen LogP contribution >= 0.6 is 0 Å². The molecule has 2 heteroatoms. The summed E-state index contributed by atoms with van der Waals surface area (Å²) in [6.07, 6.45) is 0. The van der Waals surface area contributed by atoms with Crippen LogP contribution in [0.3, 0.4) is 0 Å². The van der Waals surface area contributed by atoms with Gasteiger partial charge >= 0.3 is 0 Å². The van der Waals surface area contributed by atoms with E-state index in [-0.39, 0.29) is 0 Å². The maximum absolute atomic E-state index is 3.51. The molecule has 0 bridgehead atoms. The second kappa shape index (κ2) is 10.2. The second-order valence-electron chi connectivity index (χ2n) is 12.0. The van der Waals surface area contributed by atoms with Crippen LogP contribution in [0.15, 0.2) is 133 Å². The van der Waals surface area contributed by atoms with Gasteiger partial charge in [0.2, 0.25) is 0 Å². The second-order valence-corrected chi connectivity index (χ2v) is 12.0. The standard InChI is InChI=1S/C44H28N2/c1-45-41-27-38-40-26-32(24-22-30-15-7-4-8-16-30)34-18-10-12-20-36(34)44(40)46(2)42(38)28-37(41)39-25-31(23-21-29-13-5-3-6-14-29)33-17-9-11-19-35(33)43(39)45/h3-20,25-28H,1-2H3. The summed E-state index contributed by atoms with van der Waals surface area (Å²) < 4.78 is 4.72. The molecule has 2 heterocycles. The molecule has 0 atom stereocenters. The van der Waals surface area contributed by atoms with Crippen molar-refractivity contribution in [1.82, 2.24) is 9.13 Å². The topological polar surface area (TPSA) is 9.86 Å². The molecular weight excluding hydrogens is 556 g/mol. The largest absolute Gasteiger partial charge is 0.343 e. The Morgan fingerprint density at radius 3 is 1.13 bits per heavy atom. The molecule has 0 saturated heterocycles. The molecule has 214 valence electrons. The number of rotatable bonds is 0. The molecule has 2 nitrogen and oxygen atoms in total. The molecule has 9 aromatic rings. The first-order chi connectivity index (χ1) is 22.7. The van der Waals surface area contributed by atoms with Gasteiger partial charge in [0, 0.05) is 79.7 Å². The number of fused-ring (bicyclic) bond motifs is 10. The molecule has 0 aliphatic carbocycles. The molecular formula is C44H28N2. The molecule has 0 aliphatic rings. The van der Waals surface area contributed by atoms with Gasteiger partial charge in [-0.1, -0.05) is 109 Å². The number of benzene rings is 7. The molecule has 0 amide bonds. The van der Waals surface area contributed by atoms with E-state index in [1.807, 2.05) is 36.4 Å². The predicted molar refractivity (Wildman–Crippen MR) is 194 cm³/mol. The number of nitrogens with zero attached hydrogens (tertiary/aromatic N) is 2. The van der Waals surface area contributed by atoms with E-state index < -0.39 is 0 Å². The van der Waals surface area contributed by atoms with Crippen LogP contribution in [0.1, 0.15) is 22.3 Å². The van der Waals surface area contributed by atoms with Gasteiger partial charge in [0.25, 0.3) is 0 Å². The van der Waals surface area contributed by atoms with Crippen LogP contribution in [0.25, 0.3) is 65.2 Å². The highest BCUT2D eigenvalue weighted by molar-refractivity contribution is 6.25. The van der Waals surface area contributed by atoms with E-state index in [0.29, 0.717) is 0 Å². The monoisotopic (exact) mass is 584 g/mol. The summed E-state index contributed by atoms with van der Waals surface area (Å²) in [5.74, 6) is 13.8. The molecule has 0 aliphatic heterocycles. The maximum Gasteiger partial charge on any atom is 0.0569 e. The lowest BCUT2D eigenvalue weighted by Crippen LogP contribution is -1.90. The van der Waals surface area contributed by atoms with Crippen molar-refractivity contribution >= 4 is 65.2 Å². The van der Waals surface area contributed by atoms with Gasteiger partial charge in [0.1, 0.15) is 0 Å². The van der Waals surface area contributed by atoms with Crippen molar-refractivity contribution < 1.29 is 0 Å². The van der Waals surface area contributed by atoms with E-state index in [0.717, 1.165) is 22.3 Å². The first-order valence-electron chi connectivity index (χ1n) is 15.6. The van der Waals surface area contributed by atoms with Gasteiger partial charge < -0.3 is 9.13 Å². The van der Waals surface area contributed by atoms with Crippen molar-refractivity contribution in [3.63, 3.8) is 0 Å². The summed E-state index contributed by atoms with van der Waals surface area (Å²) in [5.41, 5.74) is 9.00. The quantitative estimate of drug-likeness (QED) is 0.157. The first kappa shape index (κ1) is 26.2. The summed E-state index contributed by atoms with van der Waals surface area (Å²) in [4.78, 5) is 0. The number of aryl methyl sites for hydroxylation is 2. The van der Waals surface area contributed by atoms with Crippen LogP contribution in [0, 0.1) is 23.7 Å². The highest BCUT2D eigenvalue weighted by Crippen LogP contribution is 2.41. The summed E-state index contributed by atoms with van der Waals surface area (Å²) in [5, 5.41) is 9.69. The van der Waals surface area contributed by atoms with Crippen molar-refractivity contribution in [3.05, 3.63) is 156 Å². The summed E-state index contributed by atoms with van der Waals surface area (Å²) >= 11 is 0. The Hall–Kier alpha value is -6.22. The zero-order valence-electron chi connectivity index (χ0n) is 25.6. The third-order valence-corrected chi connectivity index (χ3v) is 9.35. The Labute approximate surface area is 267 Å². The molecule has 0 fully saturated rings. The van der Waals surface area contributed by atoms with E-state index in [9.17, 15) is 0 Å². The summed E-state index contributed by atoms with van der Waals surface area (Å²) in [6, 6.07) is 47.1. The minimum Gasteiger partial charge on any atom is -0.343 e. The van der Waals surface area contributed by atoms with Crippen LogP contribution in [0.4, 0.5) is 0 Å². The van der Waals surface area contributed by atoms with Crippen LogP contribution in [-0.4, -0.2) is 9.13 Å². The van der Waals surface area contributed by atoms with E-state index in [1.165, 1.54) is 65.2 Å². The lowest BCUT2D eigenvalue weighted by molar-refractivity contribution is 1.01. The first-order valence-corrected chi connectivity index (χ1v) is 15.6. The fourth-order valence-electron chi connectivity index (χ4n) is 7.19. The van der Waals surface area contributed by atoms with Crippen LogP contribution in [0.2, 0.25) is 0 Å². The molecule has 0 saturated carbocycles. The zero-order valence-corrected chi connectivity index (χ0v) is 25.6. The molecule has 0 unspecified atom stereocenters. The van der Waals surface area contributed by atoms with Crippen molar-refractivity contribution in [2.24, 2.45) is 14.1 Å². The minimum atomic E-state index is 1.02. The fourth-order valence-corrected chi connectivity index (χ4v) is 7.19. The van der Waals surface area contributed by atoms with Crippen molar-refractivity contribution in [1.29, 1.82) is 0 Å². The third kappa shape index (κ3) is 3.95. The number of aromatic nitrogens is 2. The van der Waals surface area contributed by atoms with Gasteiger partial charge in [0.15, 0.2) is 0 Å². The molecule has 0 N–H and O–H groups in total. The molecule has 7 aromatic carbocycles. The SMILES string of the molecule is Cn1c2cc3c4cc(C#Cc5ccccc5)c5ccccc5c4n(C)c3cc2c2cc(C#Cc3ccccc3)c3ccccc3c21. The lowest BCUT2D eigenvalue weighted by atomic mass is 9.98. The van der Waals surface area contributed by atoms with Crippen LogP contribution in [0.5, 0.6) is 0 Å². The number of hydrogen-bond donors (Lipinski definition) is 0. The van der Waals surface area contributed by atoms with Crippen molar-refractivity contribution in [3.8, 4) is 23.7 Å². The Morgan fingerprint density at radius 1 is 0.348 bits per heavy atom. The summed E-state index contributed by atoms with van der Waals surface area (Å²) in [6.45, 7) is 0. The smallest absolute Gasteiger partial charge is 0.0569 e. The van der Waals surface area contributed by atoms with Crippen LogP contribution in [-0.2, 0) is 14.1 Å². The van der Waals surface area contributed by atoms with Gasteiger partial charge in [-0.25, -0.2) is 0 Å². The van der Waals surface area contributed by atoms with Gasteiger partial charge in [-0.15, -0.1) is 0 Å². The molecule has 9 rings (SSSR count).